The summed E-state index contributed by atoms with van der Waals surface area (Å²) in [7, 11) is 2.08. The number of hydrogen-bond acceptors (Lipinski definition) is 2. The van der Waals surface area contributed by atoms with Crippen molar-refractivity contribution in [2.45, 2.75) is 13.8 Å². The lowest BCUT2D eigenvalue weighted by Crippen LogP contribution is -1.86. The van der Waals surface area contributed by atoms with Gasteiger partial charge in [0.25, 0.3) is 0 Å². The van der Waals surface area contributed by atoms with E-state index < -0.39 is 0 Å². The zero-order valence-electron chi connectivity index (χ0n) is 6.88. The third-order valence-corrected chi connectivity index (χ3v) is 2.98. The molecule has 2 nitrogen and oxygen atoms in total. The van der Waals surface area contributed by atoms with Crippen molar-refractivity contribution in [1.29, 1.82) is 0 Å². The third kappa shape index (κ3) is 0.878. The highest BCUT2D eigenvalue weighted by Crippen LogP contribution is 2.23. The predicted molar refractivity (Wildman–Crippen MR) is 48.1 cm³/mol. The van der Waals surface area contributed by atoms with Gasteiger partial charge in [0.15, 0.2) is 0 Å². The Balaban J connectivity index is 2.88. The molecular weight excluding hydrogens is 156 g/mol. The summed E-state index contributed by atoms with van der Waals surface area (Å²) in [6, 6.07) is 2.12. The van der Waals surface area contributed by atoms with E-state index in [1.54, 1.807) is 11.3 Å². The van der Waals surface area contributed by atoms with E-state index in [1.807, 2.05) is 6.92 Å². The molecule has 0 bridgehead atoms. The van der Waals surface area contributed by atoms with Gasteiger partial charge >= 0.3 is 0 Å². The fraction of sp³-hybridized carbons (Fsp3) is 0.375. The van der Waals surface area contributed by atoms with Gasteiger partial charge in [-0.1, -0.05) is 0 Å². The van der Waals surface area contributed by atoms with E-state index in [4.69, 9.17) is 0 Å². The second-order valence-electron chi connectivity index (χ2n) is 2.77. The molecule has 0 radical (unpaired) electrons. The molecule has 11 heavy (non-hydrogen) atoms. The first kappa shape index (κ1) is 6.85. The second kappa shape index (κ2) is 2.08. The summed E-state index contributed by atoms with van der Waals surface area (Å²) in [5, 5.41) is 1.14. The number of rotatable bonds is 0. The Morgan fingerprint density at radius 3 is 2.82 bits per heavy atom. The summed E-state index contributed by atoms with van der Waals surface area (Å²) < 4.78 is 2.18. The maximum Gasteiger partial charge on any atom is 0.123 e. The molecule has 0 aromatic carbocycles. The zero-order chi connectivity index (χ0) is 8.01. The van der Waals surface area contributed by atoms with Gasteiger partial charge in [0.2, 0.25) is 0 Å². The van der Waals surface area contributed by atoms with Crippen LogP contribution >= 0.6 is 11.3 Å². The molecule has 2 aromatic heterocycles. The van der Waals surface area contributed by atoms with Crippen LogP contribution in [-0.4, -0.2) is 9.55 Å². The first-order valence-corrected chi connectivity index (χ1v) is 4.39. The van der Waals surface area contributed by atoms with Crippen molar-refractivity contribution in [3.63, 3.8) is 0 Å². The van der Waals surface area contributed by atoms with Crippen LogP contribution in [0, 0.1) is 13.8 Å². The van der Waals surface area contributed by atoms with Crippen molar-refractivity contribution >= 4 is 21.7 Å². The van der Waals surface area contributed by atoms with Crippen LogP contribution in [0.15, 0.2) is 6.07 Å². The molecule has 0 N–H and O–H groups in total. The van der Waals surface area contributed by atoms with Crippen LogP contribution in [-0.2, 0) is 7.05 Å². The van der Waals surface area contributed by atoms with E-state index in [2.05, 4.69) is 29.6 Å². The van der Waals surface area contributed by atoms with E-state index in [-0.39, 0.29) is 0 Å². The Labute approximate surface area is 69.5 Å². The van der Waals surface area contributed by atoms with Crippen LogP contribution in [0.5, 0.6) is 0 Å². The zero-order valence-corrected chi connectivity index (χ0v) is 7.70. The van der Waals surface area contributed by atoms with Crippen molar-refractivity contribution in [2.75, 3.05) is 0 Å². The topological polar surface area (TPSA) is 17.8 Å². The van der Waals surface area contributed by atoms with Gasteiger partial charge < -0.3 is 4.57 Å². The average Bonchev–Trinajstić information content (AvgIpc) is 2.37. The number of hydrogen-bond donors (Lipinski definition) is 0. The second-order valence-corrected chi connectivity index (χ2v) is 3.95. The predicted octanol–water partition coefficient (Wildman–Crippen LogP) is 2.25. The van der Waals surface area contributed by atoms with Crippen LogP contribution < -0.4 is 0 Å². The molecule has 0 atom stereocenters. The Kier molecular flexibility index (Phi) is 1.29. The Morgan fingerprint density at radius 2 is 2.18 bits per heavy atom. The lowest BCUT2D eigenvalue weighted by atomic mass is 10.5. The highest BCUT2D eigenvalue weighted by Gasteiger charge is 2.05. The fourth-order valence-electron chi connectivity index (χ4n) is 1.22. The largest absolute Gasteiger partial charge is 0.338 e. The van der Waals surface area contributed by atoms with Gasteiger partial charge in [-0.3, -0.25) is 0 Å². The normalized spacial score (nSPS) is 11.2. The molecule has 0 aliphatic rings. The number of nitrogens with zero attached hydrogens (tertiary/aromatic N) is 2. The third-order valence-electron chi connectivity index (χ3n) is 1.92. The number of fused-ring (bicyclic) bond motifs is 1. The average molecular weight is 166 g/mol. The van der Waals surface area contributed by atoms with Crippen LogP contribution in [0.2, 0.25) is 0 Å². The minimum atomic E-state index is 1.13. The van der Waals surface area contributed by atoms with E-state index in [9.17, 15) is 0 Å². The molecule has 58 valence electrons. The van der Waals surface area contributed by atoms with E-state index in [1.165, 1.54) is 10.5 Å². The van der Waals surface area contributed by atoms with Gasteiger partial charge in [-0.15, -0.1) is 11.3 Å². The minimum absolute atomic E-state index is 1.13. The molecule has 0 fully saturated rings. The molecule has 2 heterocycles. The molecule has 0 saturated heterocycles. The summed E-state index contributed by atoms with van der Waals surface area (Å²) in [6.45, 7) is 4.14. The maximum absolute atomic E-state index is 4.39. The molecule has 0 aliphatic carbocycles. The fourth-order valence-corrected chi connectivity index (χ4v) is 2.14. The van der Waals surface area contributed by atoms with Gasteiger partial charge in [-0.2, -0.15) is 0 Å². The quantitative estimate of drug-likeness (QED) is 0.587. The number of aryl methyl sites for hydroxylation is 3. The standard InChI is InChI=1S/C8H10N2S/c1-5-4-7-8(10(5)3)11-6(2)9-7/h4H,1-3H3. The summed E-state index contributed by atoms with van der Waals surface area (Å²) >= 11 is 1.75. The Bertz CT molecular complexity index is 397. The van der Waals surface area contributed by atoms with E-state index >= 15 is 0 Å². The lowest BCUT2D eigenvalue weighted by molar-refractivity contribution is 0.925. The lowest BCUT2D eigenvalue weighted by Gasteiger charge is -1.93. The summed E-state index contributed by atoms with van der Waals surface area (Å²) in [5.41, 5.74) is 2.41. The van der Waals surface area contributed by atoms with Crippen LogP contribution in [0.3, 0.4) is 0 Å². The monoisotopic (exact) mass is 166 g/mol. The maximum atomic E-state index is 4.39. The van der Waals surface area contributed by atoms with Gasteiger partial charge in [0.1, 0.15) is 10.3 Å². The SMILES string of the molecule is Cc1nc2cc(C)n(C)c2s1. The molecule has 0 spiro atoms. The highest BCUT2D eigenvalue weighted by atomic mass is 32.1. The first-order valence-electron chi connectivity index (χ1n) is 3.58. The Hall–Kier alpha value is -0.830. The molecule has 0 unspecified atom stereocenters. The summed E-state index contributed by atoms with van der Waals surface area (Å²) in [4.78, 5) is 5.67. The molecular formula is C8H10N2S. The van der Waals surface area contributed by atoms with Crippen molar-refractivity contribution in [3.05, 3.63) is 16.8 Å². The summed E-state index contributed by atoms with van der Waals surface area (Å²) in [6.07, 6.45) is 0. The van der Waals surface area contributed by atoms with Crippen molar-refractivity contribution in [2.24, 2.45) is 7.05 Å². The van der Waals surface area contributed by atoms with Gasteiger partial charge in [0, 0.05) is 12.7 Å². The number of aromatic nitrogens is 2. The van der Waals surface area contributed by atoms with Crippen molar-refractivity contribution < 1.29 is 0 Å². The number of thiazole rings is 1. The highest BCUT2D eigenvalue weighted by molar-refractivity contribution is 7.18. The van der Waals surface area contributed by atoms with Crippen LogP contribution in [0.1, 0.15) is 10.7 Å². The smallest absolute Gasteiger partial charge is 0.123 e. The molecule has 0 saturated carbocycles. The van der Waals surface area contributed by atoms with Gasteiger partial charge in [0.05, 0.1) is 5.01 Å². The van der Waals surface area contributed by atoms with E-state index in [0.717, 1.165) is 10.5 Å². The minimum Gasteiger partial charge on any atom is -0.338 e. The molecule has 3 heteroatoms. The van der Waals surface area contributed by atoms with Gasteiger partial charge in [-0.25, -0.2) is 4.98 Å². The Morgan fingerprint density at radius 1 is 1.45 bits per heavy atom. The van der Waals surface area contributed by atoms with Crippen molar-refractivity contribution in [1.82, 2.24) is 9.55 Å². The van der Waals surface area contributed by atoms with Crippen LogP contribution in [0.4, 0.5) is 0 Å². The van der Waals surface area contributed by atoms with Crippen LogP contribution in [0.25, 0.3) is 10.3 Å². The first-order chi connectivity index (χ1) is 5.18. The van der Waals surface area contributed by atoms with Crippen molar-refractivity contribution in [3.8, 4) is 0 Å². The van der Waals surface area contributed by atoms with Gasteiger partial charge in [-0.05, 0) is 19.9 Å². The molecule has 2 aromatic rings. The summed E-state index contributed by atoms with van der Waals surface area (Å²) in [5.74, 6) is 0. The molecule has 2 rings (SSSR count). The molecule has 0 amide bonds. The van der Waals surface area contributed by atoms with E-state index in [0.29, 0.717) is 0 Å². The molecule has 0 aliphatic heterocycles.